The fourth-order valence-corrected chi connectivity index (χ4v) is 1.39. The zero-order valence-corrected chi connectivity index (χ0v) is 11.5. The van der Waals surface area contributed by atoms with Crippen molar-refractivity contribution in [2.24, 2.45) is 5.73 Å². The van der Waals surface area contributed by atoms with Crippen molar-refractivity contribution < 1.29 is 19.5 Å². The van der Waals surface area contributed by atoms with E-state index in [-0.39, 0.29) is 17.2 Å². The van der Waals surface area contributed by atoms with Crippen molar-refractivity contribution >= 4 is 29.2 Å². The van der Waals surface area contributed by atoms with E-state index in [1.165, 1.54) is 39.0 Å². The number of carbonyl (C=O) groups is 3. The summed E-state index contributed by atoms with van der Waals surface area (Å²) in [6.07, 6.45) is 0. The summed E-state index contributed by atoms with van der Waals surface area (Å²) >= 11 is 0. The Balaban J connectivity index is 3.11. The summed E-state index contributed by atoms with van der Waals surface area (Å²) in [5.41, 5.74) is 4.82. The summed E-state index contributed by atoms with van der Waals surface area (Å²) in [5, 5.41) is 14.1. The SMILES string of the molecule is CC(=O)Nc1ccc(NC(=O)C(C)(C)N)c(C(=O)O)c1. The number of carboxylic acids is 1. The van der Waals surface area contributed by atoms with E-state index < -0.39 is 17.4 Å². The summed E-state index contributed by atoms with van der Waals surface area (Å²) in [7, 11) is 0. The first kappa shape index (κ1) is 15.6. The van der Waals surface area contributed by atoms with E-state index >= 15 is 0 Å². The van der Waals surface area contributed by atoms with E-state index in [2.05, 4.69) is 10.6 Å². The first-order valence-corrected chi connectivity index (χ1v) is 5.86. The molecule has 108 valence electrons. The molecule has 0 saturated heterocycles. The normalized spacial score (nSPS) is 10.8. The Labute approximate surface area is 116 Å². The fourth-order valence-electron chi connectivity index (χ4n) is 1.39. The van der Waals surface area contributed by atoms with Crippen molar-refractivity contribution in [1.29, 1.82) is 0 Å². The van der Waals surface area contributed by atoms with E-state index in [1.54, 1.807) is 0 Å². The molecule has 5 N–H and O–H groups in total. The highest BCUT2D eigenvalue weighted by Gasteiger charge is 2.23. The summed E-state index contributed by atoms with van der Waals surface area (Å²) in [6, 6.07) is 4.16. The smallest absolute Gasteiger partial charge is 0.337 e. The third kappa shape index (κ3) is 4.06. The molecule has 7 nitrogen and oxygen atoms in total. The molecular formula is C13H17N3O4. The van der Waals surface area contributed by atoms with Gasteiger partial charge in [0.25, 0.3) is 0 Å². The number of nitrogens with two attached hydrogens (primary N) is 1. The minimum absolute atomic E-state index is 0.120. The van der Waals surface area contributed by atoms with Crippen LogP contribution in [0.3, 0.4) is 0 Å². The van der Waals surface area contributed by atoms with E-state index in [0.29, 0.717) is 5.69 Å². The second-order valence-corrected chi connectivity index (χ2v) is 4.92. The molecule has 0 atom stereocenters. The van der Waals surface area contributed by atoms with Crippen LogP contribution in [0, 0.1) is 0 Å². The Morgan fingerprint density at radius 2 is 1.80 bits per heavy atom. The van der Waals surface area contributed by atoms with Crippen LogP contribution in [0.25, 0.3) is 0 Å². The maximum atomic E-state index is 11.8. The van der Waals surface area contributed by atoms with Gasteiger partial charge in [-0.05, 0) is 32.0 Å². The van der Waals surface area contributed by atoms with Gasteiger partial charge in [-0.15, -0.1) is 0 Å². The number of anilines is 2. The number of benzene rings is 1. The standard InChI is InChI=1S/C13H17N3O4/c1-7(17)15-8-4-5-10(9(6-8)11(18)19)16-12(20)13(2,3)14/h4-6H,14H2,1-3H3,(H,15,17)(H,16,20)(H,18,19). The lowest BCUT2D eigenvalue weighted by molar-refractivity contribution is -0.120. The Morgan fingerprint density at radius 1 is 1.20 bits per heavy atom. The highest BCUT2D eigenvalue weighted by Crippen LogP contribution is 2.21. The minimum atomic E-state index is -1.22. The van der Waals surface area contributed by atoms with Gasteiger partial charge in [-0.3, -0.25) is 9.59 Å². The van der Waals surface area contributed by atoms with Crippen LogP contribution >= 0.6 is 0 Å². The first-order chi connectivity index (χ1) is 9.11. The van der Waals surface area contributed by atoms with Gasteiger partial charge in [0.2, 0.25) is 11.8 Å². The molecular weight excluding hydrogens is 262 g/mol. The maximum absolute atomic E-state index is 11.8. The molecule has 0 radical (unpaired) electrons. The molecule has 0 heterocycles. The Morgan fingerprint density at radius 3 is 2.25 bits per heavy atom. The molecule has 0 spiro atoms. The molecule has 0 aliphatic carbocycles. The number of hydrogen-bond donors (Lipinski definition) is 4. The van der Waals surface area contributed by atoms with Crippen LogP contribution in [0.2, 0.25) is 0 Å². The molecule has 1 rings (SSSR count). The number of amides is 2. The number of carboxylic acid groups (broad SMARTS) is 1. The number of nitrogens with one attached hydrogen (secondary N) is 2. The van der Waals surface area contributed by atoms with Crippen molar-refractivity contribution in [3.8, 4) is 0 Å². The molecule has 0 bridgehead atoms. The predicted octanol–water partition coefficient (Wildman–Crippen LogP) is 1.02. The summed E-state index contributed by atoms with van der Waals surface area (Å²) < 4.78 is 0. The number of hydrogen-bond acceptors (Lipinski definition) is 4. The van der Waals surface area contributed by atoms with Crippen LogP contribution in [-0.4, -0.2) is 28.4 Å². The van der Waals surface area contributed by atoms with Crippen molar-refractivity contribution in [3.63, 3.8) is 0 Å². The van der Waals surface area contributed by atoms with Crippen LogP contribution in [0.5, 0.6) is 0 Å². The molecule has 2 amide bonds. The quantitative estimate of drug-likeness (QED) is 0.655. The molecule has 7 heteroatoms. The van der Waals surface area contributed by atoms with Crippen LogP contribution in [0.15, 0.2) is 18.2 Å². The number of aromatic carboxylic acids is 1. The third-order valence-corrected chi connectivity index (χ3v) is 2.40. The summed E-state index contributed by atoms with van der Waals surface area (Å²) in [4.78, 5) is 33.9. The zero-order chi connectivity index (χ0) is 15.5. The largest absolute Gasteiger partial charge is 0.478 e. The molecule has 0 fully saturated rings. The predicted molar refractivity (Wildman–Crippen MR) is 74.6 cm³/mol. The molecule has 20 heavy (non-hydrogen) atoms. The molecule has 0 saturated carbocycles. The number of rotatable bonds is 4. The average molecular weight is 279 g/mol. The van der Waals surface area contributed by atoms with Gasteiger partial charge in [-0.25, -0.2) is 4.79 Å². The topological polar surface area (TPSA) is 122 Å². The van der Waals surface area contributed by atoms with E-state index in [0.717, 1.165) is 0 Å². The lowest BCUT2D eigenvalue weighted by Crippen LogP contribution is -2.45. The van der Waals surface area contributed by atoms with Gasteiger partial charge < -0.3 is 21.5 Å². The Hall–Kier alpha value is -2.41. The molecule has 0 aliphatic rings. The van der Waals surface area contributed by atoms with Gasteiger partial charge in [0.15, 0.2) is 0 Å². The Kier molecular flexibility index (Phi) is 4.46. The van der Waals surface area contributed by atoms with Gasteiger partial charge in [0, 0.05) is 12.6 Å². The van der Waals surface area contributed by atoms with Gasteiger partial charge >= 0.3 is 5.97 Å². The summed E-state index contributed by atoms with van der Waals surface area (Å²) in [5.74, 6) is -2.05. The molecule has 0 unspecified atom stereocenters. The lowest BCUT2D eigenvalue weighted by atomic mass is 10.1. The van der Waals surface area contributed by atoms with Crippen LogP contribution < -0.4 is 16.4 Å². The van der Waals surface area contributed by atoms with Gasteiger partial charge in [0.1, 0.15) is 0 Å². The third-order valence-electron chi connectivity index (χ3n) is 2.40. The number of carbonyl (C=O) groups excluding carboxylic acids is 2. The van der Waals surface area contributed by atoms with Crippen LogP contribution in [0.1, 0.15) is 31.1 Å². The Bertz CT molecular complexity index is 561. The monoisotopic (exact) mass is 279 g/mol. The summed E-state index contributed by atoms with van der Waals surface area (Å²) in [6.45, 7) is 4.33. The van der Waals surface area contributed by atoms with Crippen molar-refractivity contribution in [2.75, 3.05) is 10.6 Å². The maximum Gasteiger partial charge on any atom is 0.337 e. The van der Waals surface area contributed by atoms with Gasteiger partial charge in [0.05, 0.1) is 16.8 Å². The van der Waals surface area contributed by atoms with Crippen molar-refractivity contribution in [1.82, 2.24) is 0 Å². The average Bonchev–Trinajstić information content (AvgIpc) is 2.28. The first-order valence-electron chi connectivity index (χ1n) is 5.86. The fraction of sp³-hybridized carbons (Fsp3) is 0.308. The van der Waals surface area contributed by atoms with E-state index in [4.69, 9.17) is 10.8 Å². The lowest BCUT2D eigenvalue weighted by Gasteiger charge is -2.19. The highest BCUT2D eigenvalue weighted by molar-refractivity contribution is 6.04. The molecule has 0 aromatic heterocycles. The van der Waals surface area contributed by atoms with Crippen molar-refractivity contribution in [2.45, 2.75) is 26.3 Å². The second kappa shape index (κ2) is 5.70. The van der Waals surface area contributed by atoms with Crippen LogP contribution in [-0.2, 0) is 9.59 Å². The minimum Gasteiger partial charge on any atom is -0.478 e. The molecule has 0 aliphatic heterocycles. The second-order valence-electron chi connectivity index (χ2n) is 4.92. The van der Waals surface area contributed by atoms with Crippen LogP contribution in [0.4, 0.5) is 11.4 Å². The van der Waals surface area contributed by atoms with Crippen molar-refractivity contribution in [3.05, 3.63) is 23.8 Å². The van der Waals surface area contributed by atoms with E-state index in [9.17, 15) is 14.4 Å². The molecule has 1 aromatic carbocycles. The highest BCUT2D eigenvalue weighted by atomic mass is 16.4. The van der Waals surface area contributed by atoms with Gasteiger partial charge in [-0.1, -0.05) is 0 Å². The zero-order valence-electron chi connectivity index (χ0n) is 11.5. The van der Waals surface area contributed by atoms with E-state index in [1.807, 2.05) is 0 Å². The van der Waals surface area contributed by atoms with Gasteiger partial charge in [-0.2, -0.15) is 0 Å². The molecule has 1 aromatic rings.